The van der Waals surface area contributed by atoms with Gasteiger partial charge in [-0.05, 0) is 19.3 Å². The molecule has 0 spiro atoms. The first-order valence-corrected chi connectivity index (χ1v) is 5.62. The van der Waals surface area contributed by atoms with E-state index < -0.39 is 18.3 Å². The minimum absolute atomic E-state index is 0. The van der Waals surface area contributed by atoms with Gasteiger partial charge in [-0.2, -0.15) is 8.78 Å². The molecule has 2 fully saturated rings. The second-order valence-corrected chi connectivity index (χ2v) is 4.60. The number of halogens is 5. The summed E-state index contributed by atoms with van der Waals surface area (Å²) in [6.07, 6.45) is -1.64. The van der Waals surface area contributed by atoms with Crippen molar-refractivity contribution in [1.29, 1.82) is 0 Å². The molecule has 2 saturated heterocycles. The highest BCUT2D eigenvalue weighted by Crippen LogP contribution is 2.28. The Hall–Kier alpha value is -0.560. The normalized spacial score (nSPS) is 27.9. The van der Waals surface area contributed by atoms with Gasteiger partial charge < -0.3 is 10.2 Å². The van der Waals surface area contributed by atoms with E-state index in [1.165, 1.54) is 0 Å². The van der Waals surface area contributed by atoms with Crippen LogP contribution in [0.5, 0.6) is 0 Å². The Kier molecular flexibility index (Phi) is 4.83. The molecule has 0 aromatic rings. The molecule has 0 aliphatic carbocycles. The molecule has 0 aromatic carbocycles. The van der Waals surface area contributed by atoms with Crippen LogP contribution in [-0.4, -0.2) is 48.3 Å². The van der Waals surface area contributed by atoms with Crippen LogP contribution < -0.4 is 5.32 Å². The highest BCUT2D eigenvalue weighted by atomic mass is 35.5. The zero-order valence-electron chi connectivity index (χ0n) is 9.54. The van der Waals surface area contributed by atoms with Crippen molar-refractivity contribution < 1.29 is 22.4 Å². The molecule has 0 radical (unpaired) electrons. The maximum Gasteiger partial charge on any atom is 0.383 e. The Morgan fingerprint density at radius 2 is 1.83 bits per heavy atom. The van der Waals surface area contributed by atoms with Crippen LogP contribution in [0.1, 0.15) is 19.3 Å². The summed E-state index contributed by atoms with van der Waals surface area (Å²) in [5.41, 5.74) is 0. The number of rotatable bonds is 2. The molecular formula is C10H15ClF4N2O. The van der Waals surface area contributed by atoms with Gasteiger partial charge in [-0.15, -0.1) is 12.4 Å². The number of carbonyl (C=O) groups is 1. The maximum absolute atomic E-state index is 12.9. The van der Waals surface area contributed by atoms with E-state index in [1.807, 2.05) is 0 Å². The van der Waals surface area contributed by atoms with Gasteiger partial charge in [0.2, 0.25) is 0 Å². The fraction of sp³-hybridized carbons (Fsp3) is 0.900. The minimum atomic E-state index is -4.57. The smallest absolute Gasteiger partial charge is 0.336 e. The van der Waals surface area contributed by atoms with Crippen molar-refractivity contribution in [3.8, 4) is 0 Å². The van der Waals surface area contributed by atoms with Gasteiger partial charge in [0.15, 0.2) is 0 Å². The van der Waals surface area contributed by atoms with Crippen molar-refractivity contribution in [3.63, 3.8) is 0 Å². The van der Waals surface area contributed by atoms with Crippen molar-refractivity contribution in [1.82, 2.24) is 10.2 Å². The number of hydrogen-bond acceptors (Lipinski definition) is 2. The number of likely N-dealkylation sites (tertiary alicyclic amines) is 1. The Morgan fingerprint density at radius 3 is 2.44 bits per heavy atom. The van der Waals surface area contributed by atoms with E-state index in [1.54, 1.807) is 0 Å². The molecule has 2 atom stereocenters. The lowest BCUT2D eigenvalue weighted by atomic mass is 10.1. The van der Waals surface area contributed by atoms with Crippen molar-refractivity contribution in [2.75, 3.05) is 13.1 Å². The quantitative estimate of drug-likeness (QED) is 0.785. The second kappa shape index (κ2) is 5.61. The van der Waals surface area contributed by atoms with Gasteiger partial charge >= 0.3 is 12.3 Å². The molecule has 2 unspecified atom stereocenters. The first-order valence-electron chi connectivity index (χ1n) is 5.62. The van der Waals surface area contributed by atoms with Gasteiger partial charge in [0.05, 0.1) is 0 Å². The number of alkyl halides is 4. The fourth-order valence-corrected chi connectivity index (χ4v) is 2.43. The van der Waals surface area contributed by atoms with Crippen LogP contribution in [0.2, 0.25) is 0 Å². The summed E-state index contributed by atoms with van der Waals surface area (Å²) in [5, 5.41) is 3.19. The van der Waals surface area contributed by atoms with Crippen LogP contribution in [0.3, 0.4) is 0 Å². The molecule has 0 saturated carbocycles. The molecule has 2 aliphatic heterocycles. The van der Waals surface area contributed by atoms with Gasteiger partial charge in [-0.1, -0.05) is 0 Å². The van der Waals surface area contributed by atoms with Crippen molar-refractivity contribution in [2.24, 2.45) is 0 Å². The van der Waals surface area contributed by atoms with Crippen LogP contribution in [0.25, 0.3) is 0 Å². The molecular weight excluding hydrogens is 276 g/mol. The maximum atomic E-state index is 12.9. The Labute approximate surface area is 108 Å². The average molecular weight is 291 g/mol. The second-order valence-electron chi connectivity index (χ2n) is 4.60. The average Bonchev–Trinajstić information content (AvgIpc) is 2.57. The molecule has 18 heavy (non-hydrogen) atoms. The molecule has 2 aliphatic rings. The zero-order chi connectivity index (χ0) is 12.6. The number of carbonyl (C=O) groups excluding carboxylic acids is 1. The predicted molar refractivity (Wildman–Crippen MR) is 59.3 cm³/mol. The molecule has 0 aromatic heterocycles. The summed E-state index contributed by atoms with van der Waals surface area (Å²) in [6.45, 7) is 0.215. The standard InChI is InChI=1S/C10H14F4N2O.ClH/c11-8(12)10(13,14)9(17)16-4-3-6-1-2-7(5-16)15-6;/h6-8,15H,1-5H2;1H. The molecule has 8 heteroatoms. The van der Waals surface area contributed by atoms with Gasteiger partial charge in [-0.25, -0.2) is 8.78 Å². The number of fused-ring (bicyclic) bond motifs is 2. The number of nitrogens with one attached hydrogen (secondary N) is 1. The Balaban J connectivity index is 0.00000162. The largest absolute Gasteiger partial charge is 0.383 e. The summed E-state index contributed by atoms with van der Waals surface area (Å²) in [4.78, 5) is 12.2. The molecule has 106 valence electrons. The molecule has 1 N–H and O–H groups in total. The van der Waals surface area contributed by atoms with Gasteiger partial charge in [0, 0.05) is 25.2 Å². The lowest BCUT2D eigenvalue weighted by Gasteiger charge is -2.27. The van der Waals surface area contributed by atoms with Crippen LogP contribution in [0.4, 0.5) is 17.6 Å². The molecule has 2 rings (SSSR count). The molecule has 3 nitrogen and oxygen atoms in total. The van der Waals surface area contributed by atoms with Gasteiger partial charge in [0.25, 0.3) is 5.91 Å². The summed E-state index contributed by atoms with van der Waals surface area (Å²) in [5.74, 6) is -6.31. The third-order valence-corrected chi connectivity index (χ3v) is 3.37. The summed E-state index contributed by atoms with van der Waals surface area (Å²) in [7, 11) is 0. The lowest BCUT2D eigenvalue weighted by molar-refractivity contribution is -0.180. The number of amides is 1. The third-order valence-electron chi connectivity index (χ3n) is 3.37. The molecule has 2 bridgehead atoms. The Morgan fingerprint density at radius 1 is 1.22 bits per heavy atom. The van der Waals surface area contributed by atoms with Crippen LogP contribution in [-0.2, 0) is 4.79 Å². The van der Waals surface area contributed by atoms with E-state index in [4.69, 9.17) is 0 Å². The summed E-state index contributed by atoms with van der Waals surface area (Å²) >= 11 is 0. The van der Waals surface area contributed by atoms with Gasteiger partial charge in [0.1, 0.15) is 0 Å². The zero-order valence-corrected chi connectivity index (χ0v) is 10.4. The highest BCUT2D eigenvalue weighted by Gasteiger charge is 2.51. The number of hydrogen-bond donors (Lipinski definition) is 1. The van der Waals surface area contributed by atoms with Crippen molar-refractivity contribution in [3.05, 3.63) is 0 Å². The van der Waals surface area contributed by atoms with E-state index >= 15 is 0 Å². The van der Waals surface area contributed by atoms with Crippen molar-refractivity contribution in [2.45, 2.75) is 43.7 Å². The molecule has 1 amide bonds. The van der Waals surface area contributed by atoms with Crippen LogP contribution in [0, 0.1) is 0 Å². The van der Waals surface area contributed by atoms with E-state index in [-0.39, 0.29) is 37.6 Å². The molecule has 2 heterocycles. The predicted octanol–water partition coefficient (Wildman–Crippen LogP) is 1.66. The van der Waals surface area contributed by atoms with E-state index in [0.29, 0.717) is 6.42 Å². The van der Waals surface area contributed by atoms with E-state index in [0.717, 1.165) is 17.7 Å². The first kappa shape index (κ1) is 15.5. The highest BCUT2D eigenvalue weighted by molar-refractivity contribution is 5.85. The summed E-state index contributed by atoms with van der Waals surface area (Å²) in [6, 6.07) is 0.179. The SMILES string of the molecule is Cl.O=C(N1CCC2CCC(C1)N2)C(F)(F)C(F)F. The first-order chi connectivity index (χ1) is 7.91. The van der Waals surface area contributed by atoms with Crippen LogP contribution in [0.15, 0.2) is 0 Å². The van der Waals surface area contributed by atoms with Gasteiger partial charge in [-0.3, -0.25) is 4.79 Å². The fourth-order valence-electron chi connectivity index (χ4n) is 2.43. The third kappa shape index (κ3) is 2.88. The minimum Gasteiger partial charge on any atom is -0.336 e. The number of nitrogens with zero attached hydrogens (tertiary/aromatic N) is 1. The monoisotopic (exact) mass is 290 g/mol. The van der Waals surface area contributed by atoms with E-state index in [2.05, 4.69) is 5.32 Å². The van der Waals surface area contributed by atoms with E-state index in [9.17, 15) is 22.4 Å². The van der Waals surface area contributed by atoms with Crippen molar-refractivity contribution >= 4 is 18.3 Å². The Bertz CT molecular complexity index is 316. The summed E-state index contributed by atoms with van der Waals surface area (Å²) < 4.78 is 50.1. The lowest BCUT2D eigenvalue weighted by Crippen LogP contribution is -2.50. The topological polar surface area (TPSA) is 32.3 Å². The van der Waals surface area contributed by atoms with Crippen LogP contribution >= 0.6 is 12.4 Å².